The minimum absolute atomic E-state index is 0.110. The molecule has 0 spiro atoms. The predicted octanol–water partition coefficient (Wildman–Crippen LogP) is 5.21. The summed E-state index contributed by atoms with van der Waals surface area (Å²) in [5.74, 6) is 3.28. The summed E-state index contributed by atoms with van der Waals surface area (Å²) in [5, 5.41) is 4.10. The molecule has 0 amide bonds. The number of benzene rings is 2. The molecule has 0 aliphatic heterocycles. The Morgan fingerprint density at radius 2 is 1.69 bits per heavy atom. The first-order chi connectivity index (χ1) is 17.4. The minimum Gasteiger partial charge on any atom is -0.497 e. The van der Waals surface area contributed by atoms with Gasteiger partial charge < -0.3 is 29.0 Å². The second kappa shape index (κ2) is 11.1. The molecule has 36 heavy (non-hydrogen) atoms. The zero-order chi connectivity index (χ0) is 25.7. The van der Waals surface area contributed by atoms with E-state index in [1.165, 1.54) is 19.6 Å². The molecule has 0 aliphatic rings. The molecule has 0 atom stereocenters. The normalized spacial score (nSPS) is 10.9. The molecule has 188 valence electrons. The average molecular weight is 512 g/mol. The number of fused-ring (bicyclic) bond motifs is 1. The van der Waals surface area contributed by atoms with Crippen LogP contribution in [-0.4, -0.2) is 47.4 Å². The maximum atomic E-state index is 6.29. The molecule has 4 rings (SSSR count). The monoisotopic (exact) mass is 511 g/mol. The Labute approximate surface area is 213 Å². The summed E-state index contributed by atoms with van der Waals surface area (Å²) in [7, 11) is 4.69. The molecule has 2 aromatic carbocycles. The molecule has 2 aromatic heterocycles. The minimum atomic E-state index is -0.110. The highest BCUT2D eigenvalue weighted by molar-refractivity contribution is 6.33. The van der Waals surface area contributed by atoms with E-state index in [1.807, 2.05) is 38.1 Å². The third-order valence-electron chi connectivity index (χ3n) is 5.07. The molecular formula is C25H26ClN5O5. The summed E-state index contributed by atoms with van der Waals surface area (Å²) in [6.45, 7) is 4.14. The molecule has 0 radical (unpaired) electrons. The van der Waals surface area contributed by atoms with Gasteiger partial charge in [-0.1, -0.05) is 11.6 Å². The number of methoxy groups -OCH3 is 3. The van der Waals surface area contributed by atoms with Crippen molar-refractivity contribution in [3.05, 3.63) is 53.4 Å². The number of nitrogens with one attached hydrogen (secondary N) is 1. The van der Waals surface area contributed by atoms with Crippen molar-refractivity contribution in [3.63, 3.8) is 0 Å². The molecule has 0 aliphatic carbocycles. The highest BCUT2D eigenvalue weighted by atomic mass is 35.5. The van der Waals surface area contributed by atoms with Crippen LogP contribution in [0.2, 0.25) is 5.02 Å². The second-order valence-corrected chi connectivity index (χ2v) is 8.26. The van der Waals surface area contributed by atoms with Crippen LogP contribution in [0.15, 0.2) is 42.9 Å². The van der Waals surface area contributed by atoms with E-state index in [-0.39, 0.29) is 18.7 Å². The van der Waals surface area contributed by atoms with Crippen molar-refractivity contribution >= 4 is 34.1 Å². The van der Waals surface area contributed by atoms with E-state index in [0.717, 1.165) is 5.56 Å². The molecule has 0 saturated carbocycles. The van der Waals surface area contributed by atoms with Gasteiger partial charge in [0.05, 0.1) is 44.5 Å². The topological polar surface area (TPSA) is 110 Å². The van der Waals surface area contributed by atoms with E-state index in [2.05, 4.69) is 25.3 Å². The fraction of sp³-hybridized carbons (Fsp3) is 0.280. The summed E-state index contributed by atoms with van der Waals surface area (Å²) in [6, 6.07) is 9.35. The van der Waals surface area contributed by atoms with Crippen molar-refractivity contribution < 1.29 is 23.7 Å². The number of anilines is 2. The van der Waals surface area contributed by atoms with Gasteiger partial charge in [0.25, 0.3) is 0 Å². The SMILES string of the molecule is COc1ccc(COc2cc(OC(C)C)c3c(Nc4nc(OC)ncc4Cl)ncnc3c2)c(OC)c1. The Morgan fingerprint density at radius 3 is 2.42 bits per heavy atom. The lowest BCUT2D eigenvalue weighted by Gasteiger charge is -2.17. The van der Waals surface area contributed by atoms with Gasteiger partial charge in [-0.15, -0.1) is 0 Å². The van der Waals surface area contributed by atoms with Crippen LogP contribution in [0.1, 0.15) is 19.4 Å². The van der Waals surface area contributed by atoms with Crippen molar-refractivity contribution in [3.8, 4) is 29.0 Å². The quantitative estimate of drug-likeness (QED) is 0.304. The smallest absolute Gasteiger partial charge is 0.318 e. The van der Waals surface area contributed by atoms with Gasteiger partial charge in [0.1, 0.15) is 46.8 Å². The first-order valence-corrected chi connectivity index (χ1v) is 11.4. The highest BCUT2D eigenvalue weighted by Crippen LogP contribution is 2.37. The van der Waals surface area contributed by atoms with Crippen molar-refractivity contribution in [2.24, 2.45) is 0 Å². The second-order valence-electron chi connectivity index (χ2n) is 7.85. The Balaban J connectivity index is 1.70. The number of rotatable bonds is 10. The fourth-order valence-electron chi connectivity index (χ4n) is 3.44. The van der Waals surface area contributed by atoms with E-state index < -0.39 is 0 Å². The summed E-state index contributed by atoms with van der Waals surface area (Å²) < 4.78 is 28.1. The van der Waals surface area contributed by atoms with Gasteiger partial charge in [0, 0.05) is 23.8 Å². The maximum absolute atomic E-state index is 6.29. The van der Waals surface area contributed by atoms with Crippen molar-refractivity contribution in [2.75, 3.05) is 26.6 Å². The van der Waals surface area contributed by atoms with Gasteiger partial charge in [-0.05, 0) is 26.0 Å². The Morgan fingerprint density at radius 1 is 0.889 bits per heavy atom. The summed E-state index contributed by atoms with van der Waals surface area (Å²) in [6.07, 6.45) is 2.78. The molecule has 0 bridgehead atoms. The molecule has 0 saturated heterocycles. The third-order valence-corrected chi connectivity index (χ3v) is 5.34. The van der Waals surface area contributed by atoms with E-state index in [0.29, 0.717) is 50.6 Å². The van der Waals surface area contributed by atoms with Crippen LogP contribution in [0.3, 0.4) is 0 Å². The van der Waals surface area contributed by atoms with Crippen LogP contribution in [0.25, 0.3) is 10.9 Å². The summed E-state index contributed by atoms with van der Waals surface area (Å²) >= 11 is 6.29. The Hall–Kier alpha value is -4.05. The van der Waals surface area contributed by atoms with Gasteiger partial charge in [-0.3, -0.25) is 0 Å². The Kier molecular flexibility index (Phi) is 7.74. The molecule has 2 heterocycles. The van der Waals surface area contributed by atoms with E-state index >= 15 is 0 Å². The molecule has 0 fully saturated rings. The molecule has 0 unspecified atom stereocenters. The lowest BCUT2D eigenvalue weighted by Crippen LogP contribution is -2.08. The van der Waals surface area contributed by atoms with Gasteiger partial charge in [-0.25, -0.2) is 15.0 Å². The molecule has 1 N–H and O–H groups in total. The lowest BCUT2D eigenvalue weighted by molar-refractivity contribution is 0.242. The van der Waals surface area contributed by atoms with Crippen LogP contribution in [0.5, 0.6) is 29.0 Å². The van der Waals surface area contributed by atoms with Crippen LogP contribution >= 0.6 is 11.6 Å². The van der Waals surface area contributed by atoms with Crippen LogP contribution in [-0.2, 0) is 6.61 Å². The van der Waals surface area contributed by atoms with Crippen molar-refractivity contribution in [1.82, 2.24) is 19.9 Å². The van der Waals surface area contributed by atoms with E-state index in [9.17, 15) is 0 Å². The van der Waals surface area contributed by atoms with Gasteiger partial charge in [0.2, 0.25) is 0 Å². The molecule has 11 heteroatoms. The molecule has 10 nitrogen and oxygen atoms in total. The molecule has 4 aromatic rings. The summed E-state index contributed by atoms with van der Waals surface area (Å²) in [5.41, 5.74) is 1.47. The standard InChI is InChI=1S/C25H26ClN5O5/c1-14(2)36-21-10-17(35-12-15-6-7-16(32-3)9-20(15)33-4)8-19-22(21)24(29-13-28-19)30-23-18(26)11-27-25(31-23)34-5/h6-11,13-14H,12H2,1-5H3,(H,27,28,29,30,31). The maximum Gasteiger partial charge on any atom is 0.318 e. The number of hydrogen-bond acceptors (Lipinski definition) is 10. The lowest BCUT2D eigenvalue weighted by atomic mass is 10.2. The van der Waals surface area contributed by atoms with Crippen LogP contribution in [0, 0.1) is 0 Å². The first kappa shape index (κ1) is 25.1. The number of nitrogens with zero attached hydrogens (tertiary/aromatic N) is 4. The van der Waals surface area contributed by atoms with Crippen LogP contribution in [0.4, 0.5) is 11.6 Å². The van der Waals surface area contributed by atoms with Crippen LogP contribution < -0.4 is 29.0 Å². The number of ether oxygens (including phenoxy) is 5. The Bertz CT molecular complexity index is 1370. The third kappa shape index (κ3) is 5.60. The number of halogens is 1. The van der Waals surface area contributed by atoms with Crippen molar-refractivity contribution in [2.45, 2.75) is 26.6 Å². The summed E-state index contributed by atoms with van der Waals surface area (Å²) in [4.78, 5) is 17.1. The van der Waals surface area contributed by atoms with Gasteiger partial charge in [-0.2, -0.15) is 4.98 Å². The molecular weight excluding hydrogens is 486 g/mol. The van der Waals surface area contributed by atoms with Gasteiger partial charge in [0.15, 0.2) is 5.82 Å². The zero-order valence-corrected chi connectivity index (χ0v) is 21.3. The average Bonchev–Trinajstić information content (AvgIpc) is 2.88. The van der Waals surface area contributed by atoms with Crippen molar-refractivity contribution in [1.29, 1.82) is 0 Å². The van der Waals surface area contributed by atoms with E-state index in [1.54, 1.807) is 20.3 Å². The van der Waals surface area contributed by atoms with Gasteiger partial charge >= 0.3 is 6.01 Å². The largest absolute Gasteiger partial charge is 0.497 e. The predicted molar refractivity (Wildman–Crippen MR) is 136 cm³/mol. The van der Waals surface area contributed by atoms with E-state index in [4.69, 9.17) is 35.3 Å². The first-order valence-electron chi connectivity index (χ1n) is 11.0. The number of aromatic nitrogens is 4. The highest BCUT2D eigenvalue weighted by Gasteiger charge is 2.17. The number of hydrogen-bond donors (Lipinski definition) is 1. The zero-order valence-electron chi connectivity index (χ0n) is 20.5. The fourth-order valence-corrected chi connectivity index (χ4v) is 3.57.